The number of fused-ring (bicyclic) bond motifs is 1. The first kappa shape index (κ1) is 17.9. The van der Waals surface area contributed by atoms with Gasteiger partial charge >= 0.3 is 5.97 Å². The van der Waals surface area contributed by atoms with Crippen LogP contribution in [0.2, 0.25) is 5.02 Å². The van der Waals surface area contributed by atoms with E-state index in [0.717, 1.165) is 6.07 Å². The van der Waals surface area contributed by atoms with Crippen LogP contribution >= 0.6 is 11.6 Å². The molecule has 0 bridgehead atoms. The molecule has 0 fully saturated rings. The van der Waals surface area contributed by atoms with Crippen molar-refractivity contribution in [3.05, 3.63) is 70.4 Å². The van der Waals surface area contributed by atoms with Gasteiger partial charge in [0.05, 0.1) is 5.56 Å². The lowest BCUT2D eigenvalue weighted by Crippen LogP contribution is -2.42. The van der Waals surface area contributed by atoms with Gasteiger partial charge in [-0.15, -0.1) is 0 Å². The summed E-state index contributed by atoms with van der Waals surface area (Å²) in [6.45, 7) is 0. The summed E-state index contributed by atoms with van der Waals surface area (Å²) >= 11 is 5.64. The Bertz CT molecular complexity index is 1000. The highest BCUT2D eigenvalue weighted by atomic mass is 35.5. The molecule has 0 aliphatic heterocycles. The minimum absolute atomic E-state index is 0.0537. The molecule has 0 aliphatic carbocycles. The van der Waals surface area contributed by atoms with Gasteiger partial charge in [-0.2, -0.15) is 0 Å². The molecule has 134 valence electrons. The number of carboxylic acid groups (broad SMARTS) is 1. The van der Waals surface area contributed by atoms with Gasteiger partial charge in [0.1, 0.15) is 17.7 Å². The molecule has 0 spiro atoms. The molecule has 2 aromatic carbocycles. The van der Waals surface area contributed by atoms with Gasteiger partial charge in [0.15, 0.2) is 0 Å². The lowest BCUT2D eigenvalue weighted by Gasteiger charge is -2.14. The van der Waals surface area contributed by atoms with E-state index in [-0.39, 0.29) is 17.0 Å². The van der Waals surface area contributed by atoms with Gasteiger partial charge in [0, 0.05) is 28.5 Å². The second-order valence-corrected chi connectivity index (χ2v) is 6.13. The Morgan fingerprint density at radius 3 is 2.65 bits per heavy atom. The van der Waals surface area contributed by atoms with Crippen molar-refractivity contribution in [2.75, 3.05) is 0 Å². The van der Waals surface area contributed by atoms with Gasteiger partial charge in [-0.1, -0.05) is 11.6 Å². The van der Waals surface area contributed by atoms with E-state index >= 15 is 0 Å². The molecule has 3 N–H and O–H groups in total. The fraction of sp³-hybridized carbons (Fsp3) is 0.111. The van der Waals surface area contributed by atoms with Gasteiger partial charge in [0.2, 0.25) is 0 Å². The van der Waals surface area contributed by atoms with Crippen LogP contribution in [0.5, 0.6) is 0 Å². The quantitative estimate of drug-likeness (QED) is 0.635. The summed E-state index contributed by atoms with van der Waals surface area (Å²) in [5.41, 5.74) is 0.796. The number of aromatic nitrogens is 1. The van der Waals surface area contributed by atoms with Crippen molar-refractivity contribution in [1.29, 1.82) is 0 Å². The standard InChI is InChI=1S/C18H13ClF2N2O3/c19-10-1-3-13(14(21)6-10)17(24)23-16(18(25)26)5-9-8-22-15-7-11(20)2-4-12(9)15/h1-4,6-8,16,22H,5H2,(H,23,24)(H,25,26). The fourth-order valence-electron chi connectivity index (χ4n) is 2.66. The molecule has 0 saturated carbocycles. The predicted molar refractivity (Wildman–Crippen MR) is 92.3 cm³/mol. The Kier molecular flexibility index (Phi) is 4.90. The number of carbonyl (C=O) groups excluding carboxylic acids is 1. The molecule has 0 radical (unpaired) electrons. The molecular weight excluding hydrogens is 366 g/mol. The zero-order valence-corrected chi connectivity index (χ0v) is 14.0. The van der Waals surface area contributed by atoms with Crippen LogP contribution in [0.4, 0.5) is 8.78 Å². The van der Waals surface area contributed by atoms with E-state index in [9.17, 15) is 23.5 Å². The molecule has 0 aliphatic rings. The number of carbonyl (C=O) groups is 2. The van der Waals surface area contributed by atoms with Crippen molar-refractivity contribution in [1.82, 2.24) is 10.3 Å². The number of nitrogens with one attached hydrogen (secondary N) is 2. The van der Waals surface area contributed by atoms with E-state index in [4.69, 9.17) is 11.6 Å². The van der Waals surface area contributed by atoms with Crippen LogP contribution in [0.25, 0.3) is 10.9 Å². The zero-order valence-electron chi connectivity index (χ0n) is 13.2. The van der Waals surface area contributed by atoms with Crippen molar-refractivity contribution in [2.24, 2.45) is 0 Å². The highest BCUT2D eigenvalue weighted by Crippen LogP contribution is 2.21. The van der Waals surface area contributed by atoms with Crippen LogP contribution in [-0.2, 0) is 11.2 Å². The van der Waals surface area contributed by atoms with Gasteiger partial charge in [-0.05, 0) is 42.0 Å². The summed E-state index contributed by atoms with van der Waals surface area (Å²) in [5.74, 6) is -3.41. The van der Waals surface area contributed by atoms with Crippen molar-refractivity contribution in [3.63, 3.8) is 0 Å². The van der Waals surface area contributed by atoms with Gasteiger partial charge in [0.25, 0.3) is 5.91 Å². The topological polar surface area (TPSA) is 82.2 Å². The van der Waals surface area contributed by atoms with Gasteiger partial charge < -0.3 is 15.4 Å². The lowest BCUT2D eigenvalue weighted by atomic mass is 10.0. The first-order chi connectivity index (χ1) is 12.3. The molecule has 3 aromatic rings. The maximum Gasteiger partial charge on any atom is 0.326 e. The highest BCUT2D eigenvalue weighted by molar-refractivity contribution is 6.30. The summed E-state index contributed by atoms with van der Waals surface area (Å²) in [4.78, 5) is 26.6. The van der Waals surface area contributed by atoms with Crippen molar-refractivity contribution < 1.29 is 23.5 Å². The molecule has 1 aromatic heterocycles. The van der Waals surface area contributed by atoms with E-state index in [0.29, 0.717) is 16.5 Å². The maximum atomic E-state index is 13.8. The highest BCUT2D eigenvalue weighted by Gasteiger charge is 2.24. The fourth-order valence-corrected chi connectivity index (χ4v) is 2.82. The number of carboxylic acids is 1. The molecule has 26 heavy (non-hydrogen) atoms. The number of amides is 1. The molecule has 5 nitrogen and oxygen atoms in total. The molecular formula is C18H13ClF2N2O3. The predicted octanol–water partition coefficient (Wildman–Crippen LogP) is 3.53. The molecule has 1 unspecified atom stereocenters. The van der Waals surface area contributed by atoms with E-state index in [1.54, 1.807) is 6.20 Å². The number of halogens is 3. The minimum Gasteiger partial charge on any atom is -0.480 e. The molecule has 0 saturated heterocycles. The number of hydrogen-bond acceptors (Lipinski definition) is 2. The third-order valence-electron chi connectivity index (χ3n) is 3.93. The molecule has 1 amide bonds. The van der Waals surface area contributed by atoms with Gasteiger partial charge in [-0.3, -0.25) is 4.79 Å². The number of hydrogen-bond donors (Lipinski definition) is 3. The smallest absolute Gasteiger partial charge is 0.326 e. The van der Waals surface area contributed by atoms with Crippen molar-refractivity contribution in [3.8, 4) is 0 Å². The summed E-state index contributed by atoms with van der Waals surface area (Å²) < 4.78 is 27.1. The van der Waals surface area contributed by atoms with Crippen molar-refractivity contribution >= 4 is 34.4 Å². The van der Waals surface area contributed by atoms with E-state index in [2.05, 4.69) is 10.3 Å². The van der Waals surface area contributed by atoms with Crippen LogP contribution in [0.1, 0.15) is 15.9 Å². The second-order valence-electron chi connectivity index (χ2n) is 5.70. The Morgan fingerprint density at radius 1 is 1.19 bits per heavy atom. The van der Waals surface area contributed by atoms with Crippen molar-refractivity contribution in [2.45, 2.75) is 12.5 Å². The maximum absolute atomic E-state index is 13.8. The van der Waals surface area contributed by atoms with Gasteiger partial charge in [-0.25, -0.2) is 13.6 Å². The summed E-state index contributed by atoms with van der Waals surface area (Å²) in [5, 5.41) is 12.5. The minimum atomic E-state index is -1.29. The first-order valence-corrected chi connectivity index (χ1v) is 7.97. The molecule has 1 atom stereocenters. The van der Waals surface area contributed by atoms with Crippen LogP contribution in [-0.4, -0.2) is 28.0 Å². The number of aliphatic carboxylic acids is 1. The Hall–Kier alpha value is -2.93. The first-order valence-electron chi connectivity index (χ1n) is 7.59. The lowest BCUT2D eigenvalue weighted by molar-refractivity contribution is -0.139. The molecule has 1 heterocycles. The van der Waals surface area contributed by atoms with E-state index in [1.165, 1.54) is 30.3 Å². The summed E-state index contributed by atoms with van der Waals surface area (Å²) in [6.07, 6.45) is 1.50. The van der Waals surface area contributed by atoms with Crippen LogP contribution in [0.3, 0.4) is 0 Å². The largest absolute Gasteiger partial charge is 0.480 e. The number of aromatic amines is 1. The number of rotatable bonds is 5. The zero-order chi connectivity index (χ0) is 18.8. The van der Waals surface area contributed by atoms with Crippen LogP contribution in [0, 0.1) is 11.6 Å². The summed E-state index contributed by atoms with van der Waals surface area (Å²) in [7, 11) is 0. The Labute approximate surface area is 151 Å². The molecule has 8 heteroatoms. The number of H-pyrrole nitrogens is 1. The van der Waals surface area contributed by atoms with E-state index in [1.807, 2.05) is 0 Å². The Balaban J connectivity index is 1.83. The Morgan fingerprint density at radius 2 is 1.96 bits per heavy atom. The second kappa shape index (κ2) is 7.13. The van der Waals surface area contributed by atoms with Crippen LogP contribution in [0.15, 0.2) is 42.6 Å². The monoisotopic (exact) mass is 378 g/mol. The normalized spacial score (nSPS) is 12.1. The third-order valence-corrected chi connectivity index (χ3v) is 4.17. The number of benzene rings is 2. The van der Waals surface area contributed by atoms with Crippen LogP contribution < -0.4 is 5.32 Å². The summed E-state index contributed by atoms with van der Waals surface area (Å²) in [6, 6.07) is 6.27. The van der Waals surface area contributed by atoms with E-state index < -0.39 is 29.6 Å². The average Bonchev–Trinajstić information content (AvgIpc) is 2.95. The SMILES string of the molecule is O=C(NC(Cc1c[nH]c2cc(F)ccc12)C(=O)O)c1ccc(Cl)cc1F. The average molecular weight is 379 g/mol. The third kappa shape index (κ3) is 3.67. The molecule has 3 rings (SSSR count).